The molecule has 0 bridgehead atoms. The summed E-state index contributed by atoms with van der Waals surface area (Å²) < 4.78 is 11.3. The lowest BCUT2D eigenvalue weighted by Gasteiger charge is -2.03. The van der Waals surface area contributed by atoms with E-state index in [9.17, 15) is 4.79 Å². The van der Waals surface area contributed by atoms with Crippen LogP contribution in [0.1, 0.15) is 28.7 Å². The molecule has 0 saturated heterocycles. The molecule has 4 heterocycles. The molecule has 0 aliphatic carbocycles. The van der Waals surface area contributed by atoms with Crippen molar-refractivity contribution in [2.45, 2.75) is 26.0 Å². The SMILES string of the molecule is CC1Cc2ccc(-c3cc(CNC(=O)c4cc(-c5cccs5)[nH]n4)no3)cc2O1. The van der Waals surface area contributed by atoms with Crippen molar-refractivity contribution in [3.63, 3.8) is 0 Å². The molecule has 2 N–H and O–H groups in total. The van der Waals surface area contributed by atoms with Crippen molar-refractivity contribution in [2.24, 2.45) is 0 Å². The summed E-state index contributed by atoms with van der Waals surface area (Å²) in [7, 11) is 0. The van der Waals surface area contributed by atoms with Crippen molar-refractivity contribution < 1.29 is 14.1 Å². The van der Waals surface area contributed by atoms with Crippen molar-refractivity contribution in [3.8, 4) is 27.6 Å². The third kappa shape index (κ3) is 3.54. The first-order chi connectivity index (χ1) is 14.2. The van der Waals surface area contributed by atoms with E-state index in [0.29, 0.717) is 17.1 Å². The third-order valence-corrected chi connectivity index (χ3v) is 5.68. The molecule has 7 nitrogen and oxygen atoms in total. The highest BCUT2D eigenvalue weighted by Gasteiger charge is 2.20. The number of aromatic amines is 1. The first kappa shape index (κ1) is 17.7. The number of ether oxygens (including phenoxy) is 1. The fraction of sp³-hybridized carbons (Fsp3) is 0.190. The molecule has 0 saturated carbocycles. The van der Waals surface area contributed by atoms with Crippen LogP contribution in [-0.2, 0) is 13.0 Å². The Bertz CT molecular complexity index is 1160. The summed E-state index contributed by atoms with van der Waals surface area (Å²) in [5.41, 5.74) is 3.89. The lowest BCUT2D eigenvalue weighted by molar-refractivity contribution is 0.0945. The van der Waals surface area contributed by atoms with Gasteiger partial charge in [0.25, 0.3) is 5.91 Å². The van der Waals surface area contributed by atoms with E-state index < -0.39 is 0 Å². The Kier molecular flexibility index (Phi) is 4.40. The molecule has 29 heavy (non-hydrogen) atoms. The number of benzene rings is 1. The minimum Gasteiger partial charge on any atom is -0.490 e. The number of carbonyl (C=O) groups is 1. The zero-order valence-electron chi connectivity index (χ0n) is 15.6. The maximum atomic E-state index is 12.4. The second-order valence-electron chi connectivity index (χ2n) is 6.96. The van der Waals surface area contributed by atoms with E-state index in [1.807, 2.05) is 35.7 Å². The van der Waals surface area contributed by atoms with Gasteiger partial charge in [-0.05, 0) is 36.1 Å². The van der Waals surface area contributed by atoms with E-state index in [2.05, 4.69) is 33.7 Å². The molecule has 1 aliphatic heterocycles. The van der Waals surface area contributed by atoms with E-state index in [1.54, 1.807) is 17.4 Å². The van der Waals surface area contributed by atoms with Crippen molar-refractivity contribution in [1.29, 1.82) is 0 Å². The summed E-state index contributed by atoms with van der Waals surface area (Å²) in [5, 5.41) is 15.8. The minimum absolute atomic E-state index is 0.197. The normalized spacial score (nSPS) is 15.1. The second kappa shape index (κ2) is 7.21. The van der Waals surface area contributed by atoms with Crippen molar-refractivity contribution in [2.75, 3.05) is 0 Å². The molecule has 146 valence electrons. The number of hydrogen-bond acceptors (Lipinski definition) is 6. The molecule has 8 heteroatoms. The van der Waals surface area contributed by atoms with Crippen LogP contribution in [-0.4, -0.2) is 27.4 Å². The van der Waals surface area contributed by atoms with Gasteiger partial charge in [0.1, 0.15) is 17.5 Å². The van der Waals surface area contributed by atoms with Gasteiger partial charge in [0, 0.05) is 18.1 Å². The molecule has 1 aliphatic rings. The summed E-state index contributed by atoms with van der Waals surface area (Å²) in [5.74, 6) is 1.26. The maximum absolute atomic E-state index is 12.4. The number of H-pyrrole nitrogens is 1. The molecular formula is C21H18N4O3S. The average Bonchev–Trinajstić information content (AvgIpc) is 3.51. The zero-order chi connectivity index (χ0) is 19.8. The van der Waals surface area contributed by atoms with Crippen molar-refractivity contribution in [1.82, 2.24) is 20.7 Å². The Morgan fingerprint density at radius 1 is 1.31 bits per heavy atom. The Labute approximate surface area is 170 Å². The molecule has 1 amide bonds. The number of amides is 1. The molecule has 0 fully saturated rings. The molecule has 0 radical (unpaired) electrons. The van der Waals surface area contributed by atoms with Gasteiger partial charge in [-0.2, -0.15) is 5.10 Å². The van der Waals surface area contributed by atoms with Crippen LogP contribution in [0, 0.1) is 0 Å². The number of rotatable bonds is 5. The highest BCUT2D eigenvalue weighted by Crippen LogP contribution is 2.33. The van der Waals surface area contributed by atoms with Crippen LogP contribution in [0.25, 0.3) is 21.9 Å². The van der Waals surface area contributed by atoms with Crippen LogP contribution in [0.2, 0.25) is 0 Å². The van der Waals surface area contributed by atoms with E-state index >= 15 is 0 Å². The van der Waals surface area contributed by atoms with E-state index in [-0.39, 0.29) is 18.6 Å². The van der Waals surface area contributed by atoms with Crippen molar-refractivity contribution in [3.05, 3.63) is 64.8 Å². The van der Waals surface area contributed by atoms with Crippen molar-refractivity contribution >= 4 is 17.2 Å². The molecule has 1 atom stereocenters. The number of nitrogens with zero attached hydrogens (tertiary/aromatic N) is 2. The Hall–Kier alpha value is -3.39. The largest absolute Gasteiger partial charge is 0.490 e. The number of hydrogen-bond donors (Lipinski definition) is 2. The summed E-state index contributed by atoms with van der Waals surface area (Å²) in [6.07, 6.45) is 1.12. The van der Waals surface area contributed by atoms with Crippen LogP contribution in [0.5, 0.6) is 5.75 Å². The zero-order valence-corrected chi connectivity index (χ0v) is 16.5. The number of carbonyl (C=O) groups excluding carboxylic acids is 1. The number of aromatic nitrogens is 3. The standard InChI is InChI=1S/C21H18N4O3S/c1-12-7-13-4-5-14(8-18(13)27-12)19-9-15(25-28-19)11-22-21(26)17-10-16(23-24-17)20-3-2-6-29-20/h2-6,8-10,12H,7,11H2,1H3,(H,22,26)(H,23,24). The highest BCUT2D eigenvalue weighted by molar-refractivity contribution is 7.13. The van der Waals surface area contributed by atoms with Gasteiger partial charge in [-0.25, -0.2) is 0 Å². The van der Waals surface area contributed by atoms with Gasteiger partial charge < -0.3 is 14.6 Å². The number of fused-ring (bicyclic) bond motifs is 1. The van der Waals surface area contributed by atoms with Gasteiger partial charge >= 0.3 is 0 Å². The first-order valence-corrected chi connectivity index (χ1v) is 10.2. The van der Waals surface area contributed by atoms with E-state index in [1.165, 1.54) is 5.56 Å². The first-order valence-electron chi connectivity index (χ1n) is 9.29. The molecule has 3 aromatic heterocycles. The average molecular weight is 406 g/mol. The predicted octanol–water partition coefficient (Wildman–Crippen LogP) is 4.05. The summed E-state index contributed by atoms with van der Waals surface area (Å²) >= 11 is 1.59. The van der Waals surface area contributed by atoms with Gasteiger partial charge in [-0.3, -0.25) is 9.89 Å². The Morgan fingerprint density at radius 2 is 2.24 bits per heavy atom. The maximum Gasteiger partial charge on any atom is 0.272 e. The van der Waals surface area contributed by atoms with E-state index in [4.69, 9.17) is 9.26 Å². The molecule has 5 rings (SSSR count). The Morgan fingerprint density at radius 3 is 3.10 bits per heavy atom. The minimum atomic E-state index is -0.270. The second-order valence-corrected chi connectivity index (χ2v) is 7.91. The van der Waals surface area contributed by atoms with E-state index in [0.717, 1.165) is 28.3 Å². The van der Waals surface area contributed by atoms with Crippen LogP contribution < -0.4 is 10.1 Å². The number of nitrogens with one attached hydrogen (secondary N) is 2. The Balaban J connectivity index is 1.24. The van der Waals surface area contributed by atoms with Gasteiger partial charge in [-0.1, -0.05) is 23.4 Å². The molecule has 0 spiro atoms. The molecule has 1 aromatic carbocycles. The van der Waals surface area contributed by atoms with Gasteiger partial charge in [-0.15, -0.1) is 11.3 Å². The lowest BCUT2D eigenvalue weighted by Crippen LogP contribution is -2.23. The fourth-order valence-corrected chi connectivity index (χ4v) is 4.04. The fourth-order valence-electron chi connectivity index (χ4n) is 3.34. The summed E-state index contributed by atoms with van der Waals surface area (Å²) in [6.45, 7) is 2.31. The quantitative estimate of drug-likeness (QED) is 0.522. The van der Waals surface area contributed by atoms with Crippen LogP contribution >= 0.6 is 11.3 Å². The topological polar surface area (TPSA) is 93.0 Å². The molecule has 4 aromatic rings. The van der Waals surface area contributed by atoms with Gasteiger partial charge in [0.05, 0.1) is 17.1 Å². The molecule has 1 unspecified atom stereocenters. The smallest absolute Gasteiger partial charge is 0.272 e. The molecular weight excluding hydrogens is 388 g/mol. The number of thiophene rings is 1. The predicted molar refractivity (Wildman–Crippen MR) is 109 cm³/mol. The van der Waals surface area contributed by atoms with Crippen LogP contribution in [0.3, 0.4) is 0 Å². The van der Waals surface area contributed by atoms with Gasteiger partial charge in [0.2, 0.25) is 0 Å². The lowest BCUT2D eigenvalue weighted by atomic mass is 10.1. The third-order valence-electron chi connectivity index (χ3n) is 4.77. The monoisotopic (exact) mass is 406 g/mol. The summed E-state index contributed by atoms with van der Waals surface area (Å²) in [6, 6.07) is 13.5. The van der Waals surface area contributed by atoms with Gasteiger partial charge in [0.15, 0.2) is 11.5 Å². The highest BCUT2D eigenvalue weighted by atomic mass is 32.1. The summed E-state index contributed by atoms with van der Waals surface area (Å²) in [4.78, 5) is 13.4. The van der Waals surface area contributed by atoms with Crippen LogP contribution in [0.15, 0.2) is 52.4 Å². The van der Waals surface area contributed by atoms with Crippen LogP contribution in [0.4, 0.5) is 0 Å².